The zero-order valence-electron chi connectivity index (χ0n) is 16.6. The molecule has 0 aliphatic carbocycles. The maximum absolute atomic E-state index is 12.4. The summed E-state index contributed by atoms with van der Waals surface area (Å²) in [7, 11) is 0. The summed E-state index contributed by atoms with van der Waals surface area (Å²) < 4.78 is 0. The molecule has 1 fully saturated rings. The van der Waals surface area contributed by atoms with Gasteiger partial charge in [-0.1, -0.05) is 36.4 Å². The van der Waals surface area contributed by atoms with E-state index in [0.717, 1.165) is 48.7 Å². The molecule has 1 aliphatic heterocycles. The van der Waals surface area contributed by atoms with Crippen LogP contribution in [0.1, 0.15) is 11.1 Å². The Morgan fingerprint density at radius 1 is 0.750 bits per heavy atom. The molecule has 148 valence electrons. The van der Waals surface area contributed by atoms with Crippen LogP contribution in [0, 0.1) is 13.8 Å². The van der Waals surface area contributed by atoms with Gasteiger partial charge in [-0.25, -0.2) is 0 Å². The zero-order chi connectivity index (χ0) is 19.9. The van der Waals surface area contributed by atoms with Crippen LogP contribution in [-0.2, 0) is 9.59 Å². The van der Waals surface area contributed by atoms with Crippen LogP contribution in [0.3, 0.4) is 0 Å². The minimum atomic E-state index is -0.00702. The standard InChI is InChI=1S/C22H28N4O2/c1-17-7-6-8-18(2)22(17)24-21(28)16-26-13-11-25(12-14-26)15-20(27)23-19-9-4-3-5-10-19/h3-10H,11-16H2,1-2H3,(H,23,27)(H,24,28). The first-order valence-electron chi connectivity index (χ1n) is 9.67. The molecule has 2 amide bonds. The monoisotopic (exact) mass is 380 g/mol. The number of rotatable bonds is 6. The summed E-state index contributed by atoms with van der Waals surface area (Å²) in [5.41, 5.74) is 3.86. The van der Waals surface area contributed by atoms with Crippen molar-refractivity contribution < 1.29 is 9.59 Å². The molecule has 3 rings (SSSR count). The van der Waals surface area contributed by atoms with Crippen LogP contribution in [0.25, 0.3) is 0 Å². The number of hydrogen-bond acceptors (Lipinski definition) is 4. The average molecular weight is 380 g/mol. The van der Waals surface area contributed by atoms with Gasteiger partial charge in [0.1, 0.15) is 0 Å². The highest BCUT2D eigenvalue weighted by Gasteiger charge is 2.21. The van der Waals surface area contributed by atoms with Gasteiger partial charge in [-0.15, -0.1) is 0 Å². The number of hydrogen-bond donors (Lipinski definition) is 2. The van der Waals surface area contributed by atoms with E-state index in [0.29, 0.717) is 13.1 Å². The summed E-state index contributed by atoms with van der Waals surface area (Å²) in [5.74, 6) is 0.0000849. The highest BCUT2D eigenvalue weighted by molar-refractivity contribution is 5.94. The Hall–Kier alpha value is -2.70. The number of nitrogens with one attached hydrogen (secondary N) is 2. The molecular formula is C22H28N4O2. The fourth-order valence-corrected chi connectivity index (χ4v) is 3.42. The number of para-hydroxylation sites is 2. The third-order valence-corrected chi connectivity index (χ3v) is 5.00. The first-order chi connectivity index (χ1) is 13.5. The van der Waals surface area contributed by atoms with E-state index in [1.165, 1.54) is 0 Å². The van der Waals surface area contributed by atoms with Gasteiger partial charge in [-0.2, -0.15) is 0 Å². The van der Waals surface area contributed by atoms with Gasteiger partial charge in [0.05, 0.1) is 13.1 Å². The van der Waals surface area contributed by atoms with Crippen LogP contribution in [0.4, 0.5) is 11.4 Å². The summed E-state index contributed by atoms with van der Waals surface area (Å²) in [4.78, 5) is 28.9. The van der Waals surface area contributed by atoms with Crippen LogP contribution in [0.15, 0.2) is 48.5 Å². The summed E-state index contributed by atoms with van der Waals surface area (Å²) in [5, 5.41) is 5.95. The molecule has 2 N–H and O–H groups in total. The van der Waals surface area contributed by atoms with Crippen molar-refractivity contribution in [2.45, 2.75) is 13.8 Å². The fourth-order valence-electron chi connectivity index (χ4n) is 3.42. The molecule has 1 saturated heterocycles. The fraction of sp³-hybridized carbons (Fsp3) is 0.364. The Bertz CT molecular complexity index is 794. The second-order valence-electron chi connectivity index (χ2n) is 7.28. The number of piperazine rings is 1. The smallest absolute Gasteiger partial charge is 0.238 e. The summed E-state index contributed by atoms with van der Waals surface area (Å²) in [6, 6.07) is 15.5. The minimum Gasteiger partial charge on any atom is -0.325 e. The third-order valence-electron chi connectivity index (χ3n) is 5.00. The lowest BCUT2D eigenvalue weighted by molar-refractivity contribution is -0.120. The number of benzene rings is 2. The highest BCUT2D eigenvalue weighted by Crippen LogP contribution is 2.19. The molecular weight excluding hydrogens is 352 g/mol. The first kappa shape index (κ1) is 20.0. The molecule has 1 aliphatic rings. The van der Waals surface area contributed by atoms with Crippen LogP contribution in [0.5, 0.6) is 0 Å². The topological polar surface area (TPSA) is 64.7 Å². The Morgan fingerprint density at radius 2 is 1.25 bits per heavy atom. The molecule has 6 heteroatoms. The van der Waals surface area contributed by atoms with Gasteiger partial charge < -0.3 is 10.6 Å². The number of amides is 2. The normalized spacial score (nSPS) is 15.2. The maximum Gasteiger partial charge on any atom is 0.238 e. The van der Waals surface area contributed by atoms with E-state index in [2.05, 4.69) is 20.4 Å². The Kier molecular flexibility index (Phi) is 6.79. The van der Waals surface area contributed by atoms with Gasteiger partial charge in [-0.05, 0) is 37.1 Å². The lowest BCUT2D eigenvalue weighted by Gasteiger charge is -2.33. The minimum absolute atomic E-state index is 0.00702. The molecule has 0 unspecified atom stereocenters. The average Bonchev–Trinajstić information content (AvgIpc) is 2.67. The SMILES string of the molecule is Cc1cccc(C)c1NC(=O)CN1CCN(CC(=O)Nc2ccccc2)CC1. The van der Waals surface area contributed by atoms with Crippen molar-refractivity contribution in [3.05, 3.63) is 59.7 Å². The molecule has 6 nitrogen and oxygen atoms in total. The number of carbonyl (C=O) groups excluding carboxylic acids is 2. The second kappa shape index (κ2) is 9.48. The van der Waals surface area contributed by atoms with Crippen molar-refractivity contribution in [2.75, 3.05) is 49.9 Å². The van der Waals surface area contributed by atoms with Crippen molar-refractivity contribution in [3.8, 4) is 0 Å². The molecule has 0 aromatic heterocycles. The molecule has 0 radical (unpaired) electrons. The van der Waals surface area contributed by atoms with Crippen molar-refractivity contribution in [1.29, 1.82) is 0 Å². The predicted molar refractivity (Wildman–Crippen MR) is 112 cm³/mol. The second-order valence-corrected chi connectivity index (χ2v) is 7.28. The van der Waals surface area contributed by atoms with Gasteiger partial charge in [-0.3, -0.25) is 19.4 Å². The van der Waals surface area contributed by atoms with Crippen molar-refractivity contribution in [3.63, 3.8) is 0 Å². The number of carbonyl (C=O) groups is 2. The predicted octanol–water partition coefficient (Wildman–Crippen LogP) is 2.50. The van der Waals surface area contributed by atoms with Crippen LogP contribution >= 0.6 is 0 Å². The molecule has 0 bridgehead atoms. The number of aryl methyl sites for hydroxylation is 2. The van der Waals surface area contributed by atoms with E-state index in [1.807, 2.05) is 62.4 Å². The van der Waals surface area contributed by atoms with Crippen LogP contribution in [0.2, 0.25) is 0 Å². The molecule has 2 aromatic rings. The van der Waals surface area contributed by atoms with Crippen molar-refractivity contribution >= 4 is 23.2 Å². The van der Waals surface area contributed by atoms with Crippen LogP contribution in [-0.4, -0.2) is 60.9 Å². The van der Waals surface area contributed by atoms with E-state index in [9.17, 15) is 9.59 Å². The Morgan fingerprint density at radius 3 is 1.79 bits per heavy atom. The quantitative estimate of drug-likeness (QED) is 0.808. The summed E-state index contributed by atoms with van der Waals surface area (Å²) >= 11 is 0. The third kappa shape index (κ3) is 5.65. The molecule has 0 spiro atoms. The Balaban J connectivity index is 1.41. The van der Waals surface area contributed by atoms with E-state index >= 15 is 0 Å². The van der Waals surface area contributed by atoms with E-state index < -0.39 is 0 Å². The summed E-state index contributed by atoms with van der Waals surface area (Å²) in [6.45, 7) is 7.86. The molecule has 1 heterocycles. The van der Waals surface area contributed by atoms with Gasteiger partial charge in [0.15, 0.2) is 0 Å². The largest absolute Gasteiger partial charge is 0.325 e. The van der Waals surface area contributed by atoms with Gasteiger partial charge in [0.25, 0.3) is 0 Å². The molecule has 28 heavy (non-hydrogen) atoms. The first-order valence-corrected chi connectivity index (χ1v) is 9.67. The lowest BCUT2D eigenvalue weighted by atomic mass is 10.1. The Labute approximate surface area is 166 Å². The van der Waals surface area contributed by atoms with E-state index in [1.54, 1.807) is 0 Å². The molecule has 0 atom stereocenters. The molecule has 2 aromatic carbocycles. The number of nitrogens with zero attached hydrogens (tertiary/aromatic N) is 2. The van der Waals surface area contributed by atoms with Gasteiger partial charge in [0, 0.05) is 37.6 Å². The van der Waals surface area contributed by atoms with Crippen LogP contribution < -0.4 is 10.6 Å². The van der Waals surface area contributed by atoms with E-state index in [-0.39, 0.29) is 11.8 Å². The zero-order valence-corrected chi connectivity index (χ0v) is 16.6. The van der Waals surface area contributed by atoms with Crippen molar-refractivity contribution in [1.82, 2.24) is 9.80 Å². The van der Waals surface area contributed by atoms with Gasteiger partial charge >= 0.3 is 0 Å². The van der Waals surface area contributed by atoms with Crippen molar-refractivity contribution in [2.24, 2.45) is 0 Å². The highest BCUT2D eigenvalue weighted by atomic mass is 16.2. The summed E-state index contributed by atoms with van der Waals surface area (Å²) in [6.07, 6.45) is 0. The maximum atomic E-state index is 12.4. The van der Waals surface area contributed by atoms with E-state index in [4.69, 9.17) is 0 Å². The van der Waals surface area contributed by atoms with Gasteiger partial charge in [0.2, 0.25) is 11.8 Å². The number of anilines is 2. The molecule has 0 saturated carbocycles. The lowest BCUT2D eigenvalue weighted by Crippen LogP contribution is -2.50.